The Hall–Kier alpha value is -4.21. The number of amides is 1. The average molecular weight is 520 g/mol. The topological polar surface area (TPSA) is 117 Å². The molecular weight excluding hydrogens is 486 g/mol. The highest BCUT2D eigenvalue weighted by Gasteiger charge is 2.21. The summed E-state index contributed by atoms with van der Waals surface area (Å²) in [4.78, 5) is 52.9. The molecule has 1 atom stereocenters. The van der Waals surface area contributed by atoms with E-state index in [1.807, 2.05) is 27.7 Å². The van der Waals surface area contributed by atoms with Crippen molar-refractivity contribution < 1.29 is 14.3 Å². The molecule has 0 aliphatic carbocycles. The highest BCUT2D eigenvalue weighted by Crippen LogP contribution is 2.16. The van der Waals surface area contributed by atoms with Crippen LogP contribution in [0.1, 0.15) is 61.3 Å². The van der Waals surface area contributed by atoms with Gasteiger partial charge in [0.25, 0.3) is 11.5 Å². The molecule has 1 N–H and O–H groups in total. The number of benzene rings is 2. The molecule has 0 aliphatic heterocycles. The minimum absolute atomic E-state index is 0.0308. The molecule has 2 heterocycles. The van der Waals surface area contributed by atoms with Crippen LogP contribution in [-0.2, 0) is 13.1 Å². The fourth-order valence-corrected chi connectivity index (χ4v) is 4.16. The van der Waals surface area contributed by atoms with E-state index < -0.39 is 5.69 Å². The third-order valence-electron chi connectivity index (χ3n) is 6.67. The maximum absolute atomic E-state index is 13.6. The van der Waals surface area contributed by atoms with Crippen LogP contribution in [0.2, 0.25) is 0 Å². The summed E-state index contributed by atoms with van der Waals surface area (Å²) in [6.07, 6.45) is 1.46. The van der Waals surface area contributed by atoms with Gasteiger partial charge in [0.15, 0.2) is 5.78 Å². The van der Waals surface area contributed by atoms with Crippen molar-refractivity contribution in [1.29, 1.82) is 0 Å². The Kier molecular flexibility index (Phi) is 7.80. The number of hydrogen-bond acceptors (Lipinski definition) is 6. The second-order valence-corrected chi connectivity index (χ2v) is 9.88. The highest BCUT2D eigenvalue weighted by atomic mass is 16.5. The number of fused-ring (bicyclic) bond motifs is 3. The van der Waals surface area contributed by atoms with E-state index in [9.17, 15) is 19.2 Å². The maximum Gasteiger partial charge on any atom is 0.352 e. The zero-order valence-electron chi connectivity index (χ0n) is 22.4. The van der Waals surface area contributed by atoms with Gasteiger partial charge in [-0.15, -0.1) is 5.10 Å². The van der Waals surface area contributed by atoms with Crippen molar-refractivity contribution in [3.8, 4) is 5.75 Å². The van der Waals surface area contributed by atoms with Crippen molar-refractivity contribution in [1.82, 2.24) is 24.1 Å². The Labute approximate surface area is 219 Å². The average Bonchev–Trinajstić information content (AvgIpc) is 3.23. The predicted octanol–water partition coefficient (Wildman–Crippen LogP) is 3.28. The minimum atomic E-state index is -0.565. The molecule has 0 saturated heterocycles. The molecule has 0 spiro atoms. The van der Waals surface area contributed by atoms with Crippen LogP contribution in [0.5, 0.6) is 5.75 Å². The maximum atomic E-state index is 13.6. The molecule has 38 heavy (non-hydrogen) atoms. The fourth-order valence-electron chi connectivity index (χ4n) is 4.16. The summed E-state index contributed by atoms with van der Waals surface area (Å²) >= 11 is 0. The Bertz CT molecular complexity index is 1610. The number of carbonyl (C=O) groups excluding carboxylic acids is 2. The SMILES string of the molecule is CC[C@@H](C)NC(=O)c1ccc2c(=O)n(CCC(C)C)c3nn(CC(=O)c4ccc(OC)cc4)c(=O)n3c2c1. The zero-order valence-corrected chi connectivity index (χ0v) is 22.4. The van der Waals surface area contributed by atoms with Crippen LogP contribution in [0.3, 0.4) is 0 Å². The van der Waals surface area contributed by atoms with Crippen LogP contribution in [0.25, 0.3) is 16.7 Å². The number of nitrogens with one attached hydrogen (secondary N) is 1. The van der Waals surface area contributed by atoms with Crippen LogP contribution in [-0.4, -0.2) is 43.6 Å². The second-order valence-electron chi connectivity index (χ2n) is 9.88. The Balaban J connectivity index is 1.87. The van der Waals surface area contributed by atoms with Gasteiger partial charge in [-0.3, -0.25) is 19.0 Å². The molecule has 200 valence electrons. The number of ether oxygens (including phenoxy) is 1. The van der Waals surface area contributed by atoms with Crippen LogP contribution in [0.15, 0.2) is 52.1 Å². The summed E-state index contributed by atoms with van der Waals surface area (Å²) < 4.78 is 9.00. The van der Waals surface area contributed by atoms with Gasteiger partial charge < -0.3 is 10.1 Å². The van der Waals surface area contributed by atoms with E-state index in [4.69, 9.17) is 4.74 Å². The molecule has 0 radical (unpaired) electrons. The summed E-state index contributed by atoms with van der Waals surface area (Å²) in [6.45, 7) is 8.01. The summed E-state index contributed by atoms with van der Waals surface area (Å²) in [5.74, 6) is 0.450. The molecule has 4 rings (SSSR count). The molecule has 2 aromatic carbocycles. The Morgan fingerprint density at radius 1 is 1.03 bits per heavy atom. The van der Waals surface area contributed by atoms with Crippen LogP contribution < -0.4 is 21.3 Å². The number of methoxy groups -OCH3 is 1. The minimum Gasteiger partial charge on any atom is -0.497 e. The summed E-state index contributed by atoms with van der Waals surface area (Å²) in [5.41, 5.74) is 0.134. The largest absolute Gasteiger partial charge is 0.497 e. The lowest BCUT2D eigenvalue weighted by Gasteiger charge is -2.13. The lowest BCUT2D eigenvalue weighted by molar-refractivity contribution is 0.0937. The molecule has 0 unspecified atom stereocenters. The molecule has 0 aliphatic rings. The van der Waals surface area contributed by atoms with E-state index in [1.165, 1.54) is 22.1 Å². The summed E-state index contributed by atoms with van der Waals surface area (Å²) in [5, 5.41) is 7.62. The summed E-state index contributed by atoms with van der Waals surface area (Å²) in [7, 11) is 1.54. The van der Waals surface area contributed by atoms with Crippen molar-refractivity contribution in [2.24, 2.45) is 5.92 Å². The first-order chi connectivity index (χ1) is 18.1. The van der Waals surface area contributed by atoms with Gasteiger partial charge >= 0.3 is 5.69 Å². The van der Waals surface area contributed by atoms with Crippen molar-refractivity contribution in [2.75, 3.05) is 7.11 Å². The van der Waals surface area contributed by atoms with E-state index in [2.05, 4.69) is 10.4 Å². The number of hydrogen-bond donors (Lipinski definition) is 1. The van der Waals surface area contributed by atoms with Crippen LogP contribution in [0.4, 0.5) is 0 Å². The molecule has 10 nitrogen and oxygen atoms in total. The van der Waals surface area contributed by atoms with Gasteiger partial charge in [0.05, 0.1) is 18.0 Å². The van der Waals surface area contributed by atoms with E-state index in [0.717, 1.165) is 11.1 Å². The number of aromatic nitrogens is 4. The van der Waals surface area contributed by atoms with E-state index in [1.54, 1.807) is 36.4 Å². The normalized spacial score (nSPS) is 12.3. The van der Waals surface area contributed by atoms with E-state index in [0.29, 0.717) is 41.1 Å². The Morgan fingerprint density at radius 2 is 1.71 bits per heavy atom. The quantitative estimate of drug-likeness (QED) is 0.322. The smallest absolute Gasteiger partial charge is 0.352 e. The van der Waals surface area contributed by atoms with Gasteiger partial charge in [0.1, 0.15) is 12.3 Å². The third-order valence-corrected chi connectivity index (χ3v) is 6.67. The number of rotatable bonds is 10. The first-order valence-electron chi connectivity index (χ1n) is 12.8. The van der Waals surface area contributed by atoms with Gasteiger partial charge in [-0.05, 0) is 68.1 Å². The molecule has 1 amide bonds. The zero-order chi connectivity index (χ0) is 27.6. The lowest BCUT2D eigenvalue weighted by atomic mass is 10.1. The first-order valence-corrected chi connectivity index (χ1v) is 12.8. The Morgan fingerprint density at radius 3 is 2.34 bits per heavy atom. The van der Waals surface area contributed by atoms with E-state index >= 15 is 0 Å². The first kappa shape index (κ1) is 26.8. The number of nitrogens with zero attached hydrogens (tertiary/aromatic N) is 4. The van der Waals surface area contributed by atoms with Gasteiger partial charge in [-0.2, -0.15) is 0 Å². The number of carbonyl (C=O) groups is 2. The van der Waals surface area contributed by atoms with Crippen molar-refractivity contribution in [2.45, 2.75) is 59.7 Å². The highest BCUT2D eigenvalue weighted by molar-refractivity contribution is 5.98. The monoisotopic (exact) mass is 519 g/mol. The molecule has 10 heteroatoms. The number of aryl methyl sites for hydroxylation is 1. The molecule has 0 bridgehead atoms. The molecule has 4 aromatic rings. The molecule has 0 saturated carbocycles. The molecule has 2 aromatic heterocycles. The number of Topliss-reactive ketones (excluding diaryl/α,β-unsaturated/α-hetero) is 1. The van der Waals surface area contributed by atoms with Crippen molar-refractivity contribution in [3.63, 3.8) is 0 Å². The van der Waals surface area contributed by atoms with Crippen molar-refractivity contribution in [3.05, 3.63) is 74.4 Å². The van der Waals surface area contributed by atoms with Crippen LogP contribution in [0, 0.1) is 5.92 Å². The standard InChI is InChI=1S/C28H33N5O5/c1-6-18(4)29-25(35)20-9-12-22-23(15-20)33-27(31(26(22)36)14-13-17(2)3)30-32(28(33)37)16-24(34)19-7-10-21(38-5)11-8-19/h7-12,15,17-18H,6,13-14,16H2,1-5H3,(H,29,35)/t18-/m1/s1. The fraction of sp³-hybridized carbons (Fsp3) is 0.393. The lowest BCUT2D eigenvalue weighted by Crippen LogP contribution is -2.32. The van der Waals surface area contributed by atoms with Gasteiger partial charge in [0.2, 0.25) is 5.78 Å². The second kappa shape index (κ2) is 11.0. The van der Waals surface area contributed by atoms with Gasteiger partial charge in [-0.25, -0.2) is 13.9 Å². The van der Waals surface area contributed by atoms with Gasteiger partial charge in [-0.1, -0.05) is 20.8 Å². The third kappa shape index (κ3) is 5.25. The number of ketones is 1. The predicted molar refractivity (Wildman–Crippen MR) is 145 cm³/mol. The molecule has 0 fully saturated rings. The molecular formula is C28H33N5O5. The van der Waals surface area contributed by atoms with Gasteiger partial charge in [0, 0.05) is 23.7 Å². The van der Waals surface area contributed by atoms with E-state index in [-0.39, 0.29) is 41.1 Å². The van der Waals surface area contributed by atoms with Crippen molar-refractivity contribution >= 4 is 28.4 Å². The summed E-state index contributed by atoms with van der Waals surface area (Å²) in [6, 6.07) is 11.2. The van der Waals surface area contributed by atoms with Crippen LogP contribution >= 0.6 is 0 Å².